The van der Waals surface area contributed by atoms with E-state index in [9.17, 15) is 14.0 Å². The van der Waals surface area contributed by atoms with Gasteiger partial charge in [0, 0.05) is 13.0 Å². The quantitative estimate of drug-likeness (QED) is 0.697. The average Bonchev–Trinajstić information content (AvgIpc) is 2.99. The molecule has 2 aromatic rings. The fourth-order valence-corrected chi connectivity index (χ4v) is 3.93. The number of rotatable bonds is 7. The Morgan fingerprint density at radius 1 is 1.31 bits per heavy atom. The molecule has 0 radical (unpaired) electrons. The van der Waals surface area contributed by atoms with Crippen LogP contribution in [0.5, 0.6) is 5.75 Å². The van der Waals surface area contributed by atoms with Gasteiger partial charge in [-0.1, -0.05) is 30.0 Å². The lowest BCUT2D eigenvalue weighted by molar-refractivity contribution is -0.127. The molecule has 0 aromatic heterocycles. The molecule has 1 aliphatic heterocycles. The van der Waals surface area contributed by atoms with E-state index < -0.39 is 5.25 Å². The molecule has 8 heteroatoms. The summed E-state index contributed by atoms with van der Waals surface area (Å²) in [6.07, 6.45) is 1.58. The van der Waals surface area contributed by atoms with Gasteiger partial charge in [0.05, 0.1) is 18.5 Å². The summed E-state index contributed by atoms with van der Waals surface area (Å²) in [5.41, 5.74) is 1.06. The second-order valence-corrected chi connectivity index (χ2v) is 7.34. The van der Waals surface area contributed by atoms with Crippen LogP contribution in [0.3, 0.4) is 0 Å². The van der Waals surface area contributed by atoms with E-state index in [1.54, 1.807) is 30.3 Å². The van der Waals surface area contributed by atoms with E-state index >= 15 is 0 Å². The largest absolute Gasteiger partial charge is 0.495 e. The van der Waals surface area contributed by atoms with Gasteiger partial charge < -0.3 is 10.1 Å². The molecule has 0 saturated carbocycles. The standard InChI is InChI=1S/C21H20FN3O3S/c1-3-12-25-20(27)18(29-21(25)23-15-10-8-14(22)9-11-15)13-19(26)24-16-6-4-5-7-17(16)28-2/h3-11,18H,1,12-13H2,2H3,(H,24,26)/t18-/m0/s1. The predicted octanol–water partition coefficient (Wildman–Crippen LogP) is 3.98. The zero-order valence-electron chi connectivity index (χ0n) is 15.8. The minimum Gasteiger partial charge on any atom is -0.495 e. The summed E-state index contributed by atoms with van der Waals surface area (Å²) in [7, 11) is 1.52. The summed E-state index contributed by atoms with van der Waals surface area (Å²) in [6.45, 7) is 3.95. The molecule has 2 aromatic carbocycles. The Kier molecular flexibility index (Phi) is 6.66. The lowest BCUT2D eigenvalue weighted by atomic mass is 10.2. The van der Waals surface area contributed by atoms with Crippen molar-refractivity contribution in [2.24, 2.45) is 4.99 Å². The molecule has 0 aliphatic carbocycles. The number of amides is 2. The van der Waals surface area contributed by atoms with Crippen LogP contribution in [0.4, 0.5) is 15.8 Å². The molecule has 150 valence electrons. The molecular weight excluding hydrogens is 393 g/mol. The van der Waals surface area contributed by atoms with Crippen molar-refractivity contribution < 1.29 is 18.7 Å². The highest BCUT2D eigenvalue weighted by molar-refractivity contribution is 8.15. The Balaban J connectivity index is 1.74. The van der Waals surface area contributed by atoms with E-state index in [0.29, 0.717) is 22.3 Å². The number of nitrogens with one attached hydrogen (secondary N) is 1. The van der Waals surface area contributed by atoms with Crippen LogP contribution in [0.2, 0.25) is 0 Å². The van der Waals surface area contributed by atoms with Crippen molar-refractivity contribution in [3.05, 3.63) is 67.0 Å². The Morgan fingerprint density at radius 3 is 2.72 bits per heavy atom. The average molecular weight is 413 g/mol. The number of thioether (sulfide) groups is 1. The number of methoxy groups -OCH3 is 1. The van der Waals surface area contributed by atoms with E-state index in [4.69, 9.17) is 4.74 Å². The molecule has 1 saturated heterocycles. The minimum absolute atomic E-state index is 0.0162. The van der Waals surface area contributed by atoms with Crippen molar-refractivity contribution in [1.82, 2.24) is 4.90 Å². The van der Waals surface area contributed by atoms with E-state index in [1.807, 2.05) is 0 Å². The summed E-state index contributed by atoms with van der Waals surface area (Å²) in [6, 6.07) is 12.7. The van der Waals surface area contributed by atoms with Gasteiger partial charge in [-0.25, -0.2) is 9.38 Å². The van der Waals surface area contributed by atoms with Crippen molar-refractivity contribution in [3.63, 3.8) is 0 Å². The Bertz CT molecular complexity index is 946. The van der Waals surface area contributed by atoms with Gasteiger partial charge in [-0.15, -0.1) is 6.58 Å². The molecule has 29 heavy (non-hydrogen) atoms. The number of para-hydroxylation sites is 2. The third-order valence-electron chi connectivity index (χ3n) is 4.13. The zero-order chi connectivity index (χ0) is 20.8. The summed E-state index contributed by atoms with van der Waals surface area (Å²) in [5.74, 6) is -0.344. The number of amidine groups is 1. The first-order chi connectivity index (χ1) is 14.0. The van der Waals surface area contributed by atoms with Crippen LogP contribution in [0, 0.1) is 5.82 Å². The van der Waals surface area contributed by atoms with E-state index in [1.165, 1.54) is 48.0 Å². The van der Waals surface area contributed by atoms with E-state index in [-0.39, 0.29) is 30.6 Å². The lowest BCUT2D eigenvalue weighted by Crippen LogP contribution is -2.33. The number of aliphatic imine (C=N–C) groups is 1. The molecule has 1 atom stereocenters. The second kappa shape index (κ2) is 9.38. The van der Waals surface area contributed by atoms with Crippen molar-refractivity contribution in [2.75, 3.05) is 19.0 Å². The zero-order valence-corrected chi connectivity index (χ0v) is 16.6. The number of carbonyl (C=O) groups is 2. The van der Waals surface area contributed by atoms with Gasteiger partial charge in [0.25, 0.3) is 0 Å². The molecule has 1 aliphatic rings. The summed E-state index contributed by atoms with van der Waals surface area (Å²) in [4.78, 5) is 31.2. The van der Waals surface area contributed by atoms with Crippen LogP contribution in [0.15, 0.2) is 66.2 Å². The highest BCUT2D eigenvalue weighted by Crippen LogP contribution is 2.32. The molecule has 6 nitrogen and oxygen atoms in total. The van der Waals surface area contributed by atoms with Crippen LogP contribution >= 0.6 is 11.8 Å². The molecule has 1 heterocycles. The maximum atomic E-state index is 13.1. The third kappa shape index (κ3) is 5.03. The number of carbonyl (C=O) groups excluding carboxylic acids is 2. The fourth-order valence-electron chi connectivity index (χ4n) is 2.77. The number of ether oxygens (including phenoxy) is 1. The molecule has 1 N–H and O–H groups in total. The number of halogens is 1. The summed E-state index contributed by atoms with van der Waals surface area (Å²) < 4.78 is 18.3. The number of nitrogens with zero attached hydrogens (tertiary/aromatic N) is 2. The molecule has 0 unspecified atom stereocenters. The number of benzene rings is 2. The third-order valence-corrected chi connectivity index (χ3v) is 5.31. The smallest absolute Gasteiger partial charge is 0.242 e. The maximum Gasteiger partial charge on any atom is 0.242 e. The minimum atomic E-state index is -0.608. The first-order valence-corrected chi connectivity index (χ1v) is 9.76. The van der Waals surface area contributed by atoms with Gasteiger partial charge >= 0.3 is 0 Å². The molecule has 0 bridgehead atoms. The number of anilines is 1. The van der Waals surface area contributed by atoms with Gasteiger partial charge in [-0.2, -0.15) is 0 Å². The first-order valence-electron chi connectivity index (χ1n) is 8.88. The van der Waals surface area contributed by atoms with Crippen molar-refractivity contribution in [3.8, 4) is 5.75 Å². The molecule has 1 fully saturated rings. The normalized spacial score (nSPS) is 17.4. The Labute approximate surface area is 172 Å². The van der Waals surface area contributed by atoms with Gasteiger partial charge in [-0.3, -0.25) is 14.5 Å². The molecule has 0 spiro atoms. The highest BCUT2D eigenvalue weighted by atomic mass is 32.2. The van der Waals surface area contributed by atoms with Crippen molar-refractivity contribution in [2.45, 2.75) is 11.7 Å². The van der Waals surface area contributed by atoms with Gasteiger partial charge in [0.15, 0.2) is 5.17 Å². The monoisotopic (exact) mass is 413 g/mol. The summed E-state index contributed by atoms with van der Waals surface area (Å²) >= 11 is 1.21. The van der Waals surface area contributed by atoms with Crippen LogP contribution in [-0.2, 0) is 9.59 Å². The topological polar surface area (TPSA) is 71.0 Å². The van der Waals surface area contributed by atoms with E-state index in [2.05, 4.69) is 16.9 Å². The first kappa shape index (κ1) is 20.6. The number of hydrogen-bond acceptors (Lipinski definition) is 5. The maximum absolute atomic E-state index is 13.1. The SMILES string of the molecule is C=CCN1C(=O)[C@H](CC(=O)Nc2ccccc2OC)SC1=Nc1ccc(F)cc1. The molecule has 3 rings (SSSR count). The van der Waals surface area contributed by atoms with Crippen LogP contribution in [0.1, 0.15) is 6.42 Å². The van der Waals surface area contributed by atoms with Crippen LogP contribution in [-0.4, -0.2) is 40.8 Å². The molecular formula is C21H20FN3O3S. The van der Waals surface area contributed by atoms with Gasteiger partial charge in [0.2, 0.25) is 11.8 Å². The van der Waals surface area contributed by atoms with Crippen LogP contribution < -0.4 is 10.1 Å². The van der Waals surface area contributed by atoms with Gasteiger partial charge in [0.1, 0.15) is 16.8 Å². The second-order valence-electron chi connectivity index (χ2n) is 6.17. The lowest BCUT2D eigenvalue weighted by Gasteiger charge is -2.14. The van der Waals surface area contributed by atoms with Crippen molar-refractivity contribution in [1.29, 1.82) is 0 Å². The fraction of sp³-hybridized carbons (Fsp3) is 0.190. The van der Waals surface area contributed by atoms with Crippen LogP contribution in [0.25, 0.3) is 0 Å². The summed E-state index contributed by atoms with van der Waals surface area (Å²) in [5, 5.41) is 2.62. The highest BCUT2D eigenvalue weighted by Gasteiger charge is 2.38. The van der Waals surface area contributed by atoms with Crippen molar-refractivity contribution >= 4 is 40.1 Å². The Hall–Kier alpha value is -3.13. The van der Waals surface area contributed by atoms with E-state index in [0.717, 1.165) is 0 Å². The molecule has 2 amide bonds. The van der Waals surface area contributed by atoms with Gasteiger partial charge in [-0.05, 0) is 36.4 Å². The Morgan fingerprint density at radius 2 is 2.03 bits per heavy atom. The predicted molar refractivity (Wildman–Crippen MR) is 113 cm³/mol. The number of hydrogen-bond donors (Lipinski definition) is 1.